The van der Waals surface area contributed by atoms with Gasteiger partial charge in [0, 0.05) is 43.2 Å². The SMILES string of the molecule is N[C@@H]1CN(Cc2cc(F)cc3cccnc23)C[C@H]1c1ccccc1. The summed E-state index contributed by atoms with van der Waals surface area (Å²) in [5.74, 6) is 0.104. The molecular weight excluding hydrogens is 301 g/mol. The van der Waals surface area contributed by atoms with Crippen LogP contribution in [0.4, 0.5) is 4.39 Å². The fourth-order valence-electron chi connectivity index (χ4n) is 3.68. The first-order valence-corrected chi connectivity index (χ1v) is 8.27. The second kappa shape index (κ2) is 6.30. The molecule has 2 aromatic carbocycles. The van der Waals surface area contributed by atoms with Gasteiger partial charge in [-0.2, -0.15) is 0 Å². The van der Waals surface area contributed by atoms with E-state index in [9.17, 15) is 4.39 Å². The highest BCUT2D eigenvalue weighted by Gasteiger charge is 2.31. The zero-order valence-corrected chi connectivity index (χ0v) is 13.4. The number of hydrogen-bond acceptors (Lipinski definition) is 3. The summed E-state index contributed by atoms with van der Waals surface area (Å²) in [4.78, 5) is 6.73. The average molecular weight is 321 g/mol. The topological polar surface area (TPSA) is 42.1 Å². The minimum absolute atomic E-state index is 0.0974. The van der Waals surface area contributed by atoms with Crippen LogP contribution in [-0.2, 0) is 6.54 Å². The molecule has 0 aliphatic carbocycles. The Kier molecular flexibility index (Phi) is 4.00. The lowest BCUT2D eigenvalue weighted by atomic mass is 9.95. The van der Waals surface area contributed by atoms with Crippen LogP contribution in [0.2, 0.25) is 0 Å². The summed E-state index contributed by atoms with van der Waals surface area (Å²) < 4.78 is 13.9. The Morgan fingerprint density at radius 3 is 2.75 bits per heavy atom. The summed E-state index contributed by atoms with van der Waals surface area (Å²) in [6.45, 7) is 2.36. The van der Waals surface area contributed by atoms with Crippen molar-refractivity contribution in [3.05, 3.63) is 77.7 Å². The Labute approximate surface area is 140 Å². The van der Waals surface area contributed by atoms with Gasteiger partial charge < -0.3 is 5.73 Å². The molecule has 1 aromatic heterocycles. The molecule has 4 heteroatoms. The molecule has 0 saturated carbocycles. The number of nitrogens with two attached hydrogens (primary N) is 1. The van der Waals surface area contributed by atoms with Crippen LogP contribution in [0.25, 0.3) is 10.9 Å². The van der Waals surface area contributed by atoms with E-state index in [2.05, 4.69) is 34.1 Å². The lowest BCUT2D eigenvalue weighted by Crippen LogP contribution is -2.28. The molecule has 0 radical (unpaired) electrons. The molecule has 2 N–H and O–H groups in total. The van der Waals surface area contributed by atoms with Crippen molar-refractivity contribution in [2.75, 3.05) is 13.1 Å². The number of fused-ring (bicyclic) bond motifs is 1. The van der Waals surface area contributed by atoms with Gasteiger partial charge in [-0.25, -0.2) is 4.39 Å². The van der Waals surface area contributed by atoms with Gasteiger partial charge in [0.1, 0.15) is 5.82 Å². The molecule has 122 valence electrons. The third-order valence-electron chi connectivity index (χ3n) is 4.81. The Balaban J connectivity index is 1.59. The van der Waals surface area contributed by atoms with E-state index in [1.54, 1.807) is 12.3 Å². The first-order chi connectivity index (χ1) is 11.7. The van der Waals surface area contributed by atoms with Crippen molar-refractivity contribution < 1.29 is 4.39 Å². The van der Waals surface area contributed by atoms with E-state index in [1.807, 2.05) is 18.2 Å². The Bertz CT molecular complexity index is 850. The Hall–Kier alpha value is -2.30. The van der Waals surface area contributed by atoms with E-state index in [-0.39, 0.29) is 11.9 Å². The van der Waals surface area contributed by atoms with Crippen LogP contribution >= 0.6 is 0 Å². The van der Waals surface area contributed by atoms with Gasteiger partial charge in [-0.3, -0.25) is 9.88 Å². The molecule has 24 heavy (non-hydrogen) atoms. The molecular formula is C20H20FN3. The van der Waals surface area contributed by atoms with Crippen LogP contribution in [0.1, 0.15) is 17.0 Å². The fourth-order valence-corrected chi connectivity index (χ4v) is 3.68. The third-order valence-corrected chi connectivity index (χ3v) is 4.81. The Morgan fingerprint density at radius 2 is 1.92 bits per heavy atom. The van der Waals surface area contributed by atoms with E-state index in [0.29, 0.717) is 12.5 Å². The van der Waals surface area contributed by atoms with Crippen molar-refractivity contribution in [2.24, 2.45) is 5.73 Å². The van der Waals surface area contributed by atoms with Gasteiger partial charge in [-0.05, 0) is 29.3 Å². The van der Waals surface area contributed by atoms with Crippen molar-refractivity contribution in [2.45, 2.75) is 18.5 Å². The van der Waals surface area contributed by atoms with Crippen molar-refractivity contribution in [1.82, 2.24) is 9.88 Å². The van der Waals surface area contributed by atoms with Crippen molar-refractivity contribution in [3.63, 3.8) is 0 Å². The maximum Gasteiger partial charge on any atom is 0.124 e. The number of rotatable bonds is 3. The molecule has 0 spiro atoms. The van der Waals surface area contributed by atoms with E-state index in [4.69, 9.17) is 5.73 Å². The normalized spacial score (nSPS) is 21.4. The third kappa shape index (κ3) is 2.90. The van der Waals surface area contributed by atoms with Gasteiger partial charge in [0.2, 0.25) is 0 Å². The molecule has 3 aromatic rings. The molecule has 2 heterocycles. The molecule has 1 aliphatic rings. The zero-order chi connectivity index (χ0) is 16.5. The van der Waals surface area contributed by atoms with Crippen LogP contribution in [0.5, 0.6) is 0 Å². The number of nitrogens with zero attached hydrogens (tertiary/aromatic N) is 2. The molecule has 1 aliphatic heterocycles. The van der Waals surface area contributed by atoms with Gasteiger partial charge in [0.25, 0.3) is 0 Å². The lowest BCUT2D eigenvalue weighted by molar-refractivity contribution is 0.324. The fraction of sp³-hybridized carbons (Fsp3) is 0.250. The molecule has 0 unspecified atom stereocenters. The van der Waals surface area contributed by atoms with E-state index < -0.39 is 0 Å². The summed E-state index contributed by atoms with van der Waals surface area (Å²) in [6.07, 6.45) is 1.76. The van der Waals surface area contributed by atoms with Crippen LogP contribution in [0.3, 0.4) is 0 Å². The van der Waals surface area contributed by atoms with E-state index >= 15 is 0 Å². The van der Waals surface area contributed by atoms with E-state index in [0.717, 1.165) is 29.6 Å². The number of halogens is 1. The molecule has 1 fully saturated rings. The summed E-state index contributed by atoms with van der Waals surface area (Å²) in [5, 5.41) is 0.843. The van der Waals surface area contributed by atoms with Gasteiger partial charge in [-0.15, -0.1) is 0 Å². The minimum atomic E-state index is -0.214. The lowest BCUT2D eigenvalue weighted by Gasteiger charge is -2.17. The predicted octanol–water partition coefficient (Wildman–Crippen LogP) is 3.30. The van der Waals surface area contributed by atoms with Crippen LogP contribution in [0.15, 0.2) is 60.8 Å². The first kappa shape index (κ1) is 15.2. The van der Waals surface area contributed by atoms with Gasteiger partial charge in [0.05, 0.1) is 5.52 Å². The molecule has 3 nitrogen and oxygen atoms in total. The maximum atomic E-state index is 13.9. The average Bonchev–Trinajstić information content (AvgIpc) is 2.96. The van der Waals surface area contributed by atoms with Crippen molar-refractivity contribution >= 4 is 10.9 Å². The van der Waals surface area contributed by atoms with Crippen LogP contribution in [-0.4, -0.2) is 29.0 Å². The molecule has 2 atom stereocenters. The predicted molar refractivity (Wildman–Crippen MR) is 94.1 cm³/mol. The van der Waals surface area contributed by atoms with E-state index in [1.165, 1.54) is 11.6 Å². The summed E-state index contributed by atoms with van der Waals surface area (Å²) in [6, 6.07) is 17.3. The highest BCUT2D eigenvalue weighted by Crippen LogP contribution is 2.28. The number of aromatic nitrogens is 1. The maximum absolute atomic E-state index is 13.9. The molecule has 0 amide bonds. The van der Waals surface area contributed by atoms with Crippen molar-refractivity contribution in [1.29, 1.82) is 0 Å². The standard InChI is InChI=1S/C20H20FN3/c21-17-9-15-7-4-8-23-20(15)16(10-17)11-24-12-18(19(22)13-24)14-5-2-1-3-6-14/h1-10,18-19H,11-13,22H2/t18-,19+/m0/s1. The van der Waals surface area contributed by atoms with Gasteiger partial charge >= 0.3 is 0 Å². The smallest absolute Gasteiger partial charge is 0.124 e. The van der Waals surface area contributed by atoms with Crippen LogP contribution in [0, 0.1) is 5.82 Å². The summed E-state index contributed by atoms with van der Waals surface area (Å²) >= 11 is 0. The quantitative estimate of drug-likeness (QED) is 0.805. The number of pyridine rings is 1. The highest BCUT2D eigenvalue weighted by molar-refractivity contribution is 5.81. The largest absolute Gasteiger partial charge is 0.326 e. The first-order valence-electron chi connectivity index (χ1n) is 8.27. The number of benzene rings is 2. The number of hydrogen-bond donors (Lipinski definition) is 1. The second-order valence-electron chi connectivity index (χ2n) is 6.52. The summed E-state index contributed by atoms with van der Waals surface area (Å²) in [5.41, 5.74) is 9.43. The monoisotopic (exact) mass is 321 g/mol. The molecule has 0 bridgehead atoms. The highest BCUT2D eigenvalue weighted by atomic mass is 19.1. The van der Waals surface area contributed by atoms with Gasteiger partial charge in [0.15, 0.2) is 0 Å². The van der Waals surface area contributed by atoms with Crippen LogP contribution < -0.4 is 5.73 Å². The number of likely N-dealkylation sites (tertiary alicyclic amines) is 1. The molecule has 1 saturated heterocycles. The minimum Gasteiger partial charge on any atom is -0.326 e. The Morgan fingerprint density at radius 1 is 1.08 bits per heavy atom. The van der Waals surface area contributed by atoms with Gasteiger partial charge in [-0.1, -0.05) is 36.4 Å². The zero-order valence-electron chi connectivity index (χ0n) is 13.4. The second-order valence-corrected chi connectivity index (χ2v) is 6.52. The molecule has 4 rings (SSSR count). The van der Waals surface area contributed by atoms with Crippen molar-refractivity contribution in [3.8, 4) is 0 Å². The summed E-state index contributed by atoms with van der Waals surface area (Å²) in [7, 11) is 0.